The summed E-state index contributed by atoms with van der Waals surface area (Å²) < 4.78 is 11.2. The van der Waals surface area contributed by atoms with Crippen molar-refractivity contribution >= 4 is 29.2 Å². The summed E-state index contributed by atoms with van der Waals surface area (Å²) in [5.74, 6) is 1.00. The van der Waals surface area contributed by atoms with E-state index < -0.39 is 4.92 Å². The van der Waals surface area contributed by atoms with Crippen LogP contribution in [0.2, 0.25) is 5.02 Å². The third kappa shape index (κ3) is 4.73. The maximum atomic E-state index is 11.0. The summed E-state index contributed by atoms with van der Waals surface area (Å²) in [6, 6.07) is 8.30. The normalized spacial score (nSPS) is 12.2. The number of halogens is 1. The van der Waals surface area contributed by atoms with E-state index in [9.17, 15) is 10.1 Å². The van der Waals surface area contributed by atoms with Crippen molar-refractivity contribution in [1.29, 1.82) is 0 Å². The Bertz CT molecular complexity index is 837. The van der Waals surface area contributed by atoms with Gasteiger partial charge in [0.1, 0.15) is 0 Å². The minimum Gasteiger partial charge on any atom is -0.493 e. The molecular formula is C19H21ClN2O4. The van der Waals surface area contributed by atoms with Crippen molar-refractivity contribution in [2.75, 3.05) is 7.11 Å². The molecule has 0 aliphatic heterocycles. The van der Waals surface area contributed by atoms with Crippen molar-refractivity contribution in [3.05, 3.63) is 56.6 Å². The number of nitro benzene ring substituents is 1. The second-order valence-corrected chi connectivity index (χ2v) is 6.26. The lowest BCUT2D eigenvalue weighted by Crippen LogP contribution is -2.11. The Morgan fingerprint density at radius 1 is 1.35 bits per heavy atom. The number of ether oxygens (including phenoxy) is 2. The van der Waals surface area contributed by atoms with E-state index in [2.05, 4.69) is 4.99 Å². The van der Waals surface area contributed by atoms with Crippen molar-refractivity contribution in [2.45, 2.75) is 33.3 Å². The quantitative estimate of drug-likeness (QED) is 0.363. The Labute approximate surface area is 157 Å². The van der Waals surface area contributed by atoms with Gasteiger partial charge in [-0.2, -0.15) is 0 Å². The van der Waals surface area contributed by atoms with Gasteiger partial charge in [-0.3, -0.25) is 15.1 Å². The van der Waals surface area contributed by atoms with Crippen molar-refractivity contribution in [1.82, 2.24) is 0 Å². The zero-order valence-corrected chi connectivity index (χ0v) is 15.9. The number of methoxy groups -OCH3 is 1. The number of rotatable bonds is 7. The molecule has 0 bridgehead atoms. The predicted octanol–water partition coefficient (Wildman–Crippen LogP) is 5.49. The number of nitro groups is 1. The van der Waals surface area contributed by atoms with Gasteiger partial charge >= 0.3 is 0 Å². The molecule has 2 rings (SSSR count). The molecule has 0 aliphatic rings. The third-order valence-corrected chi connectivity index (χ3v) is 4.18. The van der Waals surface area contributed by atoms with E-state index in [1.807, 2.05) is 13.8 Å². The largest absolute Gasteiger partial charge is 0.493 e. The van der Waals surface area contributed by atoms with Crippen LogP contribution in [-0.2, 0) is 0 Å². The van der Waals surface area contributed by atoms with Gasteiger partial charge in [0.25, 0.3) is 5.69 Å². The van der Waals surface area contributed by atoms with E-state index in [1.54, 1.807) is 44.5 Å². The Morgan fingerprint density at radius 3 is 2.69 bits per heavy atom. The van der Waals surface area contributed by atoms with Crippen molar-refractivity contribution in [3.8, 4) is 11.5 Å². The van der Waals surface area contributed by atoms with Crippen LogP contribution < -0.4 is 9.47 Å². The van der Waals surface area contributed by atoms with Crippen LogP contribution >= 0.6 is 11.6 Å². The van der Waals surface area contributed by atoms with Crippen LogP contribution in [-0.4, -0.2) is 24.4 Å². The lowest BCUT2D eigenvalue weighted by molar-refractivity contribution is -0.385. The summed E-state index contributed by atoms with van der Waals surface area (Å²) >= 11 is 6.33. The molecule has 0 radical (unpaired) electrons. The molecule has 26 heavy (non-hydrogen) atoms. The molecule has 0 heterocycles. The van der Waals surface area contributed by atoms with Crippen molar-refractivity contribution < 1.29 is 14.4 Å². The van der Waals surface area contributed by atoms with E-state index in [0.717, 1.165) is 6.42 Å². The standard InChI is InChI=1S/C19H21ClN2O4/c1-5-13(3)26-19-16(20)8-14(9-18(19)25-4)11-21-15-7-6-12(2)17(10-15)22(23)24/h6-11,13H,5H2,1-4H3/t13-/m1/s1. The van der Waals surface area contributed by atoms with Gasteiger partial charge < -0.3 is 9.47 Å². The fraction of sp³-hybridized carbons (Fsp3) is 0.316. The van der Waals surface area contributed by atoms with Gasteiger partial charge in [-0.05, 0) is 44.0 Å². The summed E-state index contributed by atoms with van der Waals surface area (Å²) in [5.41, 5.74) is 1.81. The van der Waals surface area contributed by atoms with E-state index in [-0.39, 0.29) is 11.8 Å². The Hall–Kier alpha value is -2.60. The topological polar surface area (TPSA) is 74.0 Å². The highest BCUT2D eigenvalue weighted by atomic mass is 35.5. The summed E-state index contributed by atoms with van der Waals surface area (Å²) in [7, 11) is 1.54. The van der Waals surface area contributed by atoms with Gasteiger partial charge in [-0.25, -0.2) is 0 Å². The lowest BCUT2D eigenvalue weighted by Gasteiger charge is -2.17. The molecule has 0 aliphatic carbocycles. The van der Waals surface area contributed by atoms with E-state index >= 15 is 0 Å². The lowest BCUT2D eigenvalue weighted by atomic mass is 10.2. The second kappa shape index (κ2) is 8.67. The molecule has 0 N–H and O–H groups in total. The van der Waals surface area contributed by atoms with Gasteiger partial charge in [0.05, 0.1) is 28.8 Å². The molecule has 1 atom stereocenters. The van der Waals surface area contributed by atoms with Gasteiger partial charge in [-0.15, -0.1) is 0 Å². The Kier molecular flexibility index (Phi) is 6.58. The molecule has 0 fully saturated rings. The molecule has 7 heteroatoms. The first-order chi connectivity index (χ1) is 12.3. The minimum atomic E-state index is -0.421. The number of aryl methyl sites for hydroxylation is 1. The average molecular weight is 377 g/mol. The molecule has 2 aromatic rings. The van der Waals surface area contributed by atoms with Crippen molar-refractivity contribution in [3.63, 3.8) is 0 Å². The first-order valence-corrected chi connectivity index (χ1v) is 8.56. The average Bonchev–Trinajstić information content (AvgIpc) is 2.62. The van der Waals surface area contributed by atoms with Gasteiger partial charge in [0.15, 0.2) is 11.5 Å². The van der Waals surface area contributed by atoms with Crippen LogP contribution in [0, 0.1) is 17.0 Å². The van der Waals surface area contributed by atoms with Crippen LogP contribution in [0.5, 0.6) is 11.5 Å². The Morgan fingerprint density at radius 2 is 2.08 bits per heavy atom. The van der Waals surface area contributed by atoms with E-state index in [4.69, 9.17) is 21.1 Å². The smallest absolute Gasteiger partial charge is 0.274 e. The monoisotopic (exact) mass is 376 g/mol. The maximum absolute atomic E-state index is 11.0. The molecule has 0 aromatic heterocycles. The van der Waals surface area contributed by atoms with Gasteiger partial charge in [-0.1, -0.05) is 24.6 Å². The third-order valence-electron chi connectivity index (χ3n) is 3.90. The summed E-state index contributed by atoms with van der Waals surface area (Å²) in [5, 5.41) is 11.5. The zero-order valence-electron chi connectivity index (χ0n) is 15.2. The molecule has 0 saturated heterocycles. The summed E-state index contributed by atoms with van der Waals surface area (Å²) in [6.07, 6.45) is 2.43. The Balaban J connectivity index is 2.32. The SMILES string of the molecule is CC[C@@H](C)Oc1c(Cl)cc(C=Nc2ccc(C)c([N+](=O)[O-])c2)cc1OC. The predicted molar refractivity (Wildman–Crippen MR) is 103 cm³/mol. The first kappa shape index (κ1) is 19.7. The van der Waals surface area contributed by atoms with Crippen LogP contribution in [0.4, 0.5) is 11.4 Å². The fourth-order valence-corrected chi connectivity index (χ4v) is 2.50. The molecular weight excluding hydrogens is 356 g/mol. The van der Waals surface area contributed by atoms with Crippen LogP contribution in [0.3, 0.4) is 0 Å². The molecule has 2 aromatic carbocycles. The number of aliphatic imine (C=N–C) groups is 1. The van der Waals surface area contributed by atoms with E-state index in [1.165, 1.54) is 6.07 Å². The highest BCUT2D eigenvalue weighted by Gasteiger charge is 2.14. The highest BCUT2D eigenvalue weighted by Crippen LogP contribution is 2.37. The van der Waals surface area contributed by atoms with Crippen LogP contribution in [0.25, 0.3) is 0 Å². The highest BCUT2D eigenvalue weighted by molar-refractivity contribution is 6.32. The molecule has 0 saturated carbocycles. The summed E-state index contributed by atoms with van der Waals surface area (Å²) in [6.45, 7) is 5.66. The second-order valence-electron chi connectivity index (χ2n) is 5.86. The van der Waals surface area contributed by atoms with Crippen LogP contribution in [0.15, 0.2) is 35.3 Å². The fourth-order valence-electron chi connectivity index (χ4n) is 2.24. The molecule has 138 valence electrons. The summed E-state index contributed by atoms with van der Waals surface area (Å²) in [4.78, 5) is 14.9. The van der Waals surface area contributed by atoms with Crippen LogP contribution in [0.1, 0.15) is 31.4 Å². The van der Waals surface area contributed by atoms with Crippen molar-refractivity contribution in [2.24, 2.45) is 4.99 Å². The maximum Gasteiger partial charge on any atom is 0.274 e. The van der Waals surface area contributed by atoms with Gasteiger partial charge in [0.2, 0.25) is 0 Å². The molecule has 0 unspecified atom stereocenters. The molecule has 0 spiro atoms. The van der Waals surface area contributed by atoms with E-state index in [0.29, 0.717) is 33.3 Å². The molecule has 6 nitrogen and oxygen atoms in total. The number of hydrogen-bond acceptors (Lipinski definition) is 5. The first-order valence-electron chi connectivity index (χ1n) is 8.19. The zero-order chi connectivity index (χ0) is 19.3. The number of hydrogen-bond donors (Lipinski definition) is 0. The minimum absolute atomic E-state index is 0.00836. The van der Waals surface area contributed by atoms with Gasteiger partial charge in [0, 0.05) is 17.8 Å². The number of nitrogens with zero attached hydrogens (tertiary/aromatic N) is 2. The number of benzene rings is 2. The molecule has 0 amide bonds.